The van der Waals surface area contributed by atoms with E-state index in [0.717, 1.165) is 15.6 Å². The molecule has 0 radical (unpaired) electrons. The summed E-state index contributed by atoms with van der Waals surface area (Å²) >= 11 is 1.65. The number of H-pyrrole nitrogens is 1. The summed E-state index contributed by atoms with van der Waals surface area (Å²) in [6, 6.07) is 5.76. The Bertz CT molecular complexity index is 532. The van der Waals surface area contributed by atoms with E-state index >= 15 is 0 Å². The molecule has 5 nitrogen and oxygen atoms in total. The molecule has 0 fully saturated rings. The quantitative estimate of drug-likeness (QED) is 0.850. The fourth-order valence-corrected chi connectivity index (χ4v) is 2.21. The smallest absolute Gasteiger partial charge is 0.276 e. The average Bonchev–Trinajstić information content (AvgIpc) is 2.95. The molecule has 90 valence electrons. The van der Waals surface area contributed by atoms with Crippen molar-refractivity contribution in [3.8, 4) is 10.6 Å². The predicted octanol–water partition coefficient (Wildman–Crippen LogP) is 2.08. The van der Waals surface area contributed by atoms with E-state index in [1.54, 1.807) is 24.5 Å². The highest BCUT2D eigenvalue weighted by Gasteiger charge is 2.16. The number of aromatic nitrogens is 2. The summed E-state index contributed by atoms with van der Waals surface area (Å²) in [6.07, 6.45) is 0. The molecule has 0 aromatic carbocycles. The Morgan fingerprint density at radius 2 is 2.29 bits per heavy atom. The molecule has 0 spiro atoms. The fourth-order valence-electron chi connectivity index (χ4n) is 1.38. The normalized spacial score (nSPS) is 10.5. The Hall–Kier alpha value is -1.66. The van der Waals surface area contributed by atoms with Crippen molar-refractivity contribution in [2.45, 2.75) is 6.92 Å². The fraction of sp³-hybridized carbons (Fsp3) is 0.273. The van der Waals surface area contributed by atoms with Gasteiger partial charge in [-0.2, -0.15) is 5.10 Å². The lowest BCUT2D eigenvalue weighted by molar-refractivity contribution is -0.0760. The van der Waals surface area contributed by atoms with Crippen LogP contribution in [0.15, 0.2) is 18.2 Å². The molecular formula is C11H13N3O2S. The molecule has 2 heterocycles. The molecule has 0 unspecified atom stereocenters. The van der Waals surface area contributed by atoms with Crippen LogP contribution in [0.3, 0.4) is 0 Å². The van der Waals surface area contributed by atoms with Gasteiger partial charge in [0.25, 0.3) is 5.91 Å². The number of carbonyl (C=O) groups is 1. The molecule has 0 saturated heterocycles. The maximum atomic E-state index is 11.7. The number of hydrogen-bond donors (Lipinski definition) is 1. The second-order valence-corrected chi connectivity index (χ2v) is 4.85. The van der Waals surface area contributed by atoms with E-state index in [1.165, 1.54) is 12.0 Å². The molecule has 0 aliphatic rings. The number of aromatic amines is 1. The summed E-state index contributed by atoms with van der Waals surface area (Å²) in [4.78, 5) is 18.8. The summed E-state index contributed by atoms with van der Waals surface area (Å²) in [5.41, 5.74) is 1.19. The van der Waals surface area contributed by atoms with E-state index in [0.29, 0.717) is 5.69 Å². The first-order chi connectivity index (χ1) is 8.11. The average molecular weight is 251 g/mol. The highest BCUT2D eigenvalue weighted by molar-refractivity contribution is 7.15. The number of hydrogen-bond acceptors (Lipinski definition) is 4. The van der Waals surface area contributed by atoms with Gasteiger partial charge in [-0.1, -0.05) is 0 Å². The molecule has 0 aliphatic carbocycles. The van der Waals surface area contributed by atoms with Gasteiger partial charge in [0.2, 0.25) is 0 Å². The Balaban J connectivity index is 2.24. The topological polar surface area (TPSA) is 58.2 Å². The number of thiophene rings is 1. The molecule has 6 heteroatoms. The van der Waals surface area contributed by atoms with Gasteiger partial charge in [-0.3, -0.25) is 14.7 Å². The van der Waals surface area contributed by atoms with E-state index in [1.807, 2.05) is 19.1 Å². The van der Waals surface area contributed by atoms with E-state index in [9.17, 15) is 4.79 Å². The Kier molecular flexibility index (Phi) is 3.26. The van der Waals surface area contributed by atoms with Gasteiger partial charge in [0.05, 0.1) is 17.7 Å². The van der Waals surface area contributed by atoms with E-state index in [4.69, 9.17) is 4.84 Å². The van der Waals surface area contributed by atoms with Crippen molar-refractivity contribution in [3.63, 3.8) is 0 Å². The maximum Gasteiger partial charge on any atom is 0.297 e. The van der Waals surface area contributed by atoms with Gasteiger partial charge in [0, 0.05) is 11.9 Å². The van der Waals surface area contributed by atoms with Crippen LogP contribution in [0, 0.1) is 6.92 Å². The molecular weight excluding hydrogens is 238 g/mol. The lowest BCUT2D eigenvalue weighted by Crippen LogP contribution is -2.25. The Morgan fingerprint density at radius 3 is 2.88 bits per heavy atom. The molecule has 0 aliphatic heterocycles. The van der Waals surface area contributed by atoms with Crippen LogP contribution < -0.4 is 0 Å². The molecule has 0 atom stereocenters. The molecule has 2 aromatic rings. The summed E-state index contributed by atoms with van der Waals surface area (Å²) in [6.45, 7) is 2.04. The van der Waals surface area contributed by atoms with Crippen molar-refractivity contribution in [1.29, 1.82) is 0 Å². The van der Waals surface area contributed by atoms with E-state index < -0.39 is 0 Å². The molecule has 0 bridgehead atoms. The second-order valence-electron chi connectivity index (χ2n) is 3.56. The van der Waals surface area contributed by atoms with Crippen molar-refractivity contribution < 1.29 is 9.63 Å². The van der Waals surface area contributed by atoms with Crippen LogP contribution in [0.25, 0.3) is 10.6 Å². The van der Waals surface area contributed by atoms with Crippen LogP contribution in [0.5, 0.6) is 0 Å². The Morgan fingerprint density at radius 1 is 1.53 bits per heavy atom. The largest absolute Gasteiger partial charge is 0.297 e. The summed E-state index contributed by atoms with van der Waals surface area (Å²) in [7, 11) is 2.99. The van der Waals surface area contributed by atoms with Crippen LogP contribution in [0.2, 0.25) is 0 Å². The Labute approximate surface area is 103 Å². The lowest BCUT2D eigenvalue weighted by Gasteiger charge is -2.10. The van der Waals surface area contributed by atoms with Gasteiger partial charge in [-0.15, -0.1) is 11.3 Å². The second kappa shape index (κ2) is 4.68. The van der Waals surface area contributed by atoms with Gasteiger partial charge < -0.3 is 0 Å². The third-order valence-electron chi connectivity index (χ3n) is 2.36. The number of amides is 1. The first-order valence-electron chi connectivity index (χ1n) is 5.06. The number of hydroxylamine groups is 2. The first kappa shape index (κ1) is 11.8. The van der Waals surface area contributed by atoms with Crippen molar-refractivity contribution in [2.24, 2.45) is 0 Å². The molecule has 1 N–H and O–H groups in total. The molecule has 1 amide bonds. The van der Waals surface area contributed by atoms with Crippen LogP contribution >= 0.6 is 11.3 Å². The standard InChI is InChI=1S/C11H13N3O2S/c1-7-4-5-10(17-7)8-6-9(13-12-8)11(15)14(2)16-3/h4-6H,1-3H3,(H,12,13). The van der Waals surface area contributed by atoms with Crippen molar-refractivity contribution in [3.05, 3.63) is 28.8 Å². The number of rotatable bonds is 3. The monoisotopic (exact) mass is 251 g/mol. The highest BCUT2D eigenvalue weighted by Crippen LogP contribution is 2.26. The van der Waals surface area contributed by atoms with E-state index in [2.05, 4.69) is 10.2 Å². The third kappa shape index (κ3) is 2.37. The van der Waals surface area contributed by atoms with Crippen molar-refractivity contribution in [2.75, 3.05) is 14.2 Å². The number of carbonyl (C=O) groups excluding carboxylic acids is 1. The third-order valence-corrected chi connectivity index (χ3v) is 3.40. The van der Waals surface area contributed by atoms with Crippen LogP contribution in [-0.2, 0) is 4.84 Å². The molecule has 2 rings (SSSR count). The minimum Gasteiger partial charge on any atom is -0.276 e. The number of aryl methyl sites for hydroxylation is 1. The van der Waals surface area contributed by atoms with Gasteiger partial charge in [0.15, 0.2) is 5.69 Å². The minimum absolute atomic E-state index is 0.275. The maximum absolute atomic E-state index is 11.7. The van der Waals surface area contributed by atoms with Gasteiger partial charge in [-0.05, 0) is 25.1 Å². The zero-order chi connectivity index (χ0) is 12.4. The zero-order valence-electron chi connectivity index (χ0n) is 9.85. The molecule has 2 aromatic heterocycles. The summed E-state index contributed by atoms with van der Waals surface area (Å²) in [5, 5.41) is 7.97. The SMILES string of the molecule is CON(C)C(=O)c1cc(-c2ccc(C)s2)[nH]n1. The van der Waals surface area contributed by atoms with Crippen molar-refractivity contribution >= 4 is 17.2 Å². The van der Waals surface area contributed by atoms with Gasteiger partial charge in [0.1, 0.15) is 0 Å². The van der Waals surface area contributed by atoms with E-state index in [-0.39, 0.29) is 5.91 Å². The number of nitrogens with one attached hydrogen (secondary N) is 1. The van der Waals surface area contributed by atoms with Gasteiger partial charge >= 0.3 is 0 Å². The number of nitrogens with zero attached hydrogens (tertiary/aromatic N) is 2. The van der Waals surface area contributed by atoms with Gasteiger partial charge in [-0.25, -0.2) is 5.06 Å². The van der Waals surface area contributed by atoms with Crippen LogP contribution in [0.4, 0.5) is 0 Å². The first-order valence-corrected chi connectivity index (χ1v) is 5.88. The predicted molar refractivity (Wildman–Crippen MR) is 65.7 cm³/mol. The highest BCUT2D eigenvalue weighted by atomic mass is 32.1. The molecule has 0 saturated carbocycles. The minimum atomic E-state index is -0.275. The summed E-state index contributed by atoms with van der Waals surface area (Å²) in [5.74, 6) is -0.275. The summed E-state index contributed by atoms with van der Waals surface area (Å²) < 4.78 is 0. The zero-order valence-corrected chi connectivity index (χ0v) is 10.7. The van der Waals surface area contributed by atoms with Crippen LogP contribution in [0.1, 0.15) is 15.4 Å². The molecule has 17 heavy (non-hydrogen) atoms. The van der Waals surface area contributed by atoms with Crippen molar-refractivity contribution in [1.82, 2.24) is 15.3 Å². The van der Waals surface area contributed by atoms with Crippen LogP contribution in [-0.4, -0.2) is 35.3 Å². The lowest BCUT2D eigenvalue weighted by atomic mass is 10.3.